The fourth-order valence-electron chi connectivity index (χ4n) is 3.85. The van der Waals surface area contributed by atoms with Crippen LogP contribution in [0.2, 0.25) is 0 Å². The van der Waals surface area contributed by atoms with Crippen LogP contribution in [0.4, 0.5) is 0 Å². The van der Waals surface area contributed by atoms with Crippen molar-refractivity contribution in [1.29, 1.82) is 0 Å². The topological polar surface area (TPSA) is 171 Å². The molecule has 0 saturated carbocycles. The van der Waals surface area contributed by atoms with Crippen molar-refractivity contribution in [3.05, 3.63) is 53.5 Å². The van der Waals surface area contributed by atoms with Gasteiger partial charge in [0.1, 0.15) is 18.5 Å². The van der Waals surface area contributed by atoms with Gasteiger partial charge in [0.15, 0.2) is 10.7 Å². The molecular weight excluding hydrogens is 549 g/mol. The van der Waals surface area contributed by atoms with Crippen LogP contribution < -0.4 is 51.0 Å². The number of rotatable bonds is 7. The largest absolute Gasteiger partial charge is 1.00 e. The zero-order chi connectivity index (χ0) is 25.4. The van der Waals surface area contributed by atoms with Crippen molar-refractivity contribution >= 4 is 63.9 Å². The average Bonchev–Trinajstić information content (AvgIpc) is 3.55. The Morgan fingerprint density at radius 3 is 2.76 bits per heavy atom. The van der Waals surface area contributed by atoms with E-state index in [-0.39, 0.29) is 58.5 Å². The summed E-state index contributed by atoms with van der Waals surface area (Å²) in [6.45, 7) is 0. The first-order valence-electron chi connectivity index (χ1n) is 10.4. The van der Waals surface area contributed by atoms with Crippen molar-refractivity contribution in [2.24, 2.45) is 10.9 Å². The fourth-order valence-corrected chi connectivity index (χ4v) is 6.13. The molecule has 1 aromatic heterocycles. The molecule has 0 aliphatic carbocycles. The molecule has 1 fully saturated rings. The van der Waals surface area contributed by atoms with Crippen LogP contribution in [0.25, 0.3) is 17.0 Å². The second-order valence-electron chi connectivity index (χ2n) is 7.68. The smallest absolute Gasteiger partial charge is 0.863 e. The molecule has 1 saturated heterocycles. The fraction of sp³-hybridized carbons (Fsp3) is 0.238. The van der Waals surface area contributed by atoms with E-state index in [1.807, 2.05) is 30.3 Å². The number of carbonyl (C=O) groups is 2. The van der Waals surface area contributed by atoms with E-state index >= 15 is 0 Å². The number of nitrogens with two attached hydrogens (primary N) is 1. The number of nitrogens with zero attached hydrogens (tertiary/aromatic N) is 4. The summed E-state index contributed by atoms with van der Waals surface area (Å²) in [5, 5.41) is 30.2. The average molecular weight is 568 g/mol. The predicted molar refractivity (Wildman–Crippen MR) is 136 cm³/mol. The van der Waals surface area contributed by atoms with Crippen molar-refractivity contribution in [2.45, 2.75) is 16.4 Å². The second kappa shape index (κ2) is 11.1. The van der Waals surface area contributed by atoms with Gasteiger partial charge in [-0.3, -0.25) is 20.2 Å². The zero-order valence-electron chi connectivity index (χ0n) is 19.5. The summed E-state index contributed by atoms with van der Waals surface area (Å²) in [6, 6.07) is 8.21. The van der Waals surface area contributed by atoms with E-state index < -0.39 is 33.3 Å². The Balaban J connectivity index is 0.00000320. The molecule has 3 atom stereocenters. The van der Waals surface area contributed by atoms with Gasteiger partial charge in [-0.1, -0.05) is 47.3 Å². The summed E-state index contributed by atoms with van der Waals surface area (Å²) < 4.78 is 5.79. The predicted octanol–water partition coefficient (Wildman–Crippen LogP) is -3.04. The minimum absolute atomic E-state index is 0. The van der Waals surface area contributed by atoms with Gasteiger partial charge in [-0.05, 0) is 22.6 Å². The molecule has 2 aromatic rings. The maximum absolute atomic E-state index is 13.1. The summed E-state index contributed by atoms with van der Waals surface area (Å²) in [5.74, 6) is -0.565. The number of oxime groups is 1. The number of nitrogens with one attached hydrogen (secondary N) is 2. The van der Waals surface area contributed by atoms with Crippen molar-refractivity contribution in [1.82, 2.24) is 25.7 Å². The monoisotopic (exact) mass is 567 g/mol. The van der Waals surface area contributed by atoms with Crippen LogP contribution in [-0.4, -0.2) is 66.9 Å². The molecule has 4 heterocycles. The summed E-state index contributed by atoms with van der Waals surface area (Å²) >= 11 is 7.38. The molecule has 12 nitrogen and oxygen atoms in total. The molecule has 1 unspecified atom stereocenters. The van der Waals surface area contributed by atoms with E-state index in [0.29, 0.717) is 11.1 Å². The van der Waals surface area contributed by atoms with Crippen LogP contribution in [0.15, 0.2) is 57.2 Å². The van der Waals surface area contributed by atoms with Crippen LogP contribution in [0.5, 0.6) is 0 Å². The molecule has 3 aliphatic heterocycles. The van der Waals surface area contributed by atoms with Gasteiger partial charge < -0.3 is 25.0 Å². The Kier molecular flexibility index (Phi) is 8.32. The van der Waals surface area contributed by atoms with Gasteiger partial charge >= 0.3 is 29.6 Å². The quantitative estimate of drug-likeness (QED) is 0.102. The van der Waals surface area contributed by atoms with Crippen molar-refractivity contribution in [3.63, 3.8) is 0 Å². The standard InChI is InChI=1S/C21H19N7O5S3.Na/c1-32-27-14(21(22)23-7-8-36-21)15(29)24-12-18(30)28-13(20(31)34)11(9-35-19(12)28)17-26-25-16(33-17)10-5-3-2-4-6-10;/h2-8,12,19,23H,9,22H2,1H3,(H,24,29)(H,31,34);/q;+1/p-1/t12-,19-,21?;/m1./s1. The number of carbonyl (C=O) groups excluding carboxylic acids is 2. The third-order valence-corrected chi connectivity index (χ3v) is 7.95. The Labute approximate surface area is 246 Å². The summed E-state index contributed by atoms with van der Waals surface area (Å²) in [5.41, 5.74) is 7.13. The van der Waals surface area contributed by atoms with Crippen molar-refractivity contribution < 1.29 is 53.5 Å². The van der Waals surface area contributed by atoms with E-state index in [0.717, 1.165) is 11.8 Å². The minimum atomic E-state index is -1.35. The van der Waals surface area contributed by atoms with Gasteiger partial charge in [0.2, 0.25) is 11.8 Å². The van der Waals surface area contributed by atoms with Gasteiger partial charge in [0.25, 0.3) is 11.8 Å². The van der Waals surface area contributed by atoms with Gasteiger partial charge in [0.05, 0.1) is 11.3 Å². The first-order chi connectivity index (χ1) is 17.3. The Morgan fingerprint density at radius 2 is 2.11 bits per heavy atom. The molecule has 3 aliphatic rings. The molecule has 0 spiro atoms. The van der Waals surface area contributed by atoms with Crippen molar-refractivity contribution in [2.75, 3.05) is 12.9 Å². The molecule has 186 valence electrons. The molecular formula is C21H18N7NaO5S3. The van der Waals surface area contributed by atoms with Crippen molar-refractivity contribution in [3.8, 4) is 11.5 Å². The van der Waals surface area contributed by atoms with Crippen LogP contribution >= 0.6 is 35.7 Å². The number of amides is 2. The van der Waals surface area contributed by atoms with Gasteiger partial charge in [-0.25, -0.2) is 0 Å². The number of fused-ring (bicyclic) bond motifs is 1. The van der Waals surface area contributed by atoms with Crippen LogP contribution in [0, 0.1) is 0 Å². The summed E-state index contributed by atoms with van der Waals surface area (Å²) in [6.07, 6.45) is 1.57. The van der Waals surface area contributed by atoms with E-state index in [4.69, 9.17) is 27.2 Å². The summed E-state index contributed by atoms with van der Waals surface area (Å²) in [4.78, 5) is 30.8. The molecule has 0 bridgehead atoms. The number of thiocarbonyl (C=S) groups is 1. The molecule has 16 heteroatoms. The molecule has 2 amide bonds. The van der Waals surface area contributed by atoms with Gasteiger partial charge in [-0.2, -0.15) is 0 Å². The maximum Gasteiger partial charge on any atom is 1.00 e. The third kappa shape index (κ3) is 5.04. The van der Waals surface area contributed by atoms with E-state index in [1.165, 1.54) is 23.8 Å². The third-order valence-electron chi connectivity index (χ3n) is 5.52. The summed E-state index contributed by atoms with van der Waals surface area (Å²) in [7, 11) is 1.28. The molecule has 0 radical (unpaired) electrons. The number of aromatic nitrogens is 2. The Hall–Kier alpha value is -2.40. The number of benzene rings is 1. The van der Waals surface area contributed by atoms with E-state index in [2.05, 4.69) is 26.0 Å². The molecule has 1 aromatic carbocycles. The molecule has 4 N–H and O–H groups in total. The number of hydrogen-bond acceptors (Lipinski definition) is 13. The Morgan fingerprint density at radius 1 is 1.38 bits per heavy atom. The molecule has 37 heavy (non-hydrogen) atoms. The first kappa shape index (κ1) is 27.6. The molecule has 5 rings (SSSR count). The zero-order valence-corrected chi connectivity index (χ0v) is 24.0. The first-order valence-corrected chi connectivity index (χ1v) is 12.8. The van der Waals surface area contributed by atoms with Crippen LogP contribution in [-0.2, 0) is 14.4 Å². The van der Waals surface area contributed by atoms with Crippen LogP contribution in [0.3, 0.4) is 0 Å². The number of hydrogen-bond donors (Lipinski definition) is 3. The SMILES string of the molecule is CON=C(C(=O)N[C@@H]1C(=O)N2C(C([O-])=S)=C(c3nnc(-c4ccccc4)o3)CS[C@H]12)C1(N)NC=CS1.[Na+]. The Bertz CT molecular complexity index is 1320. The van der Waals surface area contributed by atoms with Gasteiger partial charge in [-0.15, -0.1) is 22.0 Å². The number of β-lactam (4-membered cyclic amide) rings is 1. The number of thioether (sulfide) groups is 2. The van der Waals surface area contributed by atoms with Gasteiger partial charge in [0, 0.05) is 17.5 Å². The maximum atomic E-state index is 13.1. The van der Waals surface area contributed by atoms with E-state index in [9.17, 15) is 14.7 Å². The van der Waals surface area contributed by atoms with Crippen LogP contribution in [0.1, 0.15) is 5.89 Å². The second-order valence-corrected chi connectivity index (χ2v) is 10.3. The van der Waals surface area contributed by atoms with E-state index in [1.54, 1.807) is 11.6 Å². The minimum Gasteiger partial charge on any atom is -0.863 e. The normalized spacial score (nSPS) is 24.5.